The van der Waals surface area contributed by atoms with Gasteiger partial charge in [0.1, 0.15) is 0 Å². The maximum Gasteiger partial charge on any atom is 0.0409 e. The Balaban J connectivity index is 2.38. The molecule has 0 bridgehead atoms. The van der Waals surface area contributed by atoms with E-state index < -0.39 is 0 Å². The summed E-state index contributed by atoms with van der Waals surface area (Å²) in [5.41, 5.74) is 9.66. The molecule has 1 aliphatic carbocycles. The first kappa shape index (κ1) is 9.75. The van der Waals surface area contributed by atoms with Gasteiger partial charge in [0, 0.05) is 5.02 Å². The number of halogens is 1. The minimum Gasteiger partial charge on any atom is -0.330 e. The Labute approximate surface area is 89.6 Å². The van der Waals surface area contributed by atoms with Gasteiger partial charge in [-0.25, -0.2) is 0 Å². The molecule has 0 aromatic heterocycles. The van der Waals surface area contributed by atoms with E-state index in [0.29, 0.717) is 6.54 Å². The van der Waals surface area contributed by atoms with Crippen LogP contribution in [0.3, 0.4) is 0 Å². The zero-order valence-corrected chi connectivity index (χ0v) is 8.85. The van der Waals surface area contributed by atoms with Gasteiger partial charge in [0.05, 0.1) is 0 Å². The highest BCUT2D eigenvalue weighted by molar-refractivity contribution is 6.30. The highest BCUT2D eigenvalue weighted by atomic mass is 35.5. The summed E-state index contributed by atoms with van der Waals surface area (Å²) in [5, 5.41) is 0.831. The third-order valence-electron chi connectivity index (χ3n) is 2.63. The van der Waals surface area contributed by atoms with Gasteiger partial charge in [-0.1, -0.05) is 23.7 Å². The topological polar surface area (TPSA) is 26.0 Å². The fraction of sp³-hybridized carbons (Fsp3) is 0.333. The summed E-state index contributed by atoms with van der Waals surface area (Å²) in [6.45, 7) is 0.716. The van der Waals surface area contributed by atoms with Gasteiger partial charge in [-0.3, -0.25) is 0 Å². The third kappa shape index (κ3) is 1.84. The summed E-state index contributed by atoms with van der Waals surface area (Å²) in [6.07, 6.45) is 5.48. The second-order valence-corrected chi connectivity index (χ2v) is 4.04. The minimum absolute atomic E-state index is 0.716. The Morgan fingerprint density at radius 1 is 1.36 bits per heavy atom. The van der Waals surface area contributed by atoms with Crippen LogP contribution in [0.2, 0.25) is 5.02 Å². The standard InChI is InChI=1S/C12H14ClN/c13-11-4-5-12-9(6-7-14)2-1-3-10(12)8-11/h2,4-5,8H,1,3,6-7,14H2. The highest BCUT2D eigenvalue weighted by Gasteiger charge is 2.11. The lowest BCUT2D eigenvalue weighted by Crippen LogP contribution is -2.05. The van der Waals surface area contributed by atoms with Crippen molar-refractivity contribution in [1.29, 1.82) is 0 Å². The molecule has 2 rings (SSSR count). The van der Waals surface area contributed by atoms with Crippen LogP contribution in [0.1, 0.15) is 24.0 Å². The van der Waals surface area contributed by atoms with E-state index >= 15 is 0 Å². The van der Waals surface area contributed by atoms with Crippen LogP contribution in [0.15, 0.2) is 24.3 Å². The molecular weight excluding hydrogens is 194 g/mol. The molecule has 74 valence electrons. The molecule has 0 saturated heterocycles. The van der Waals surface area contributed by atoms with Gasteiger partial charge in [0.25, 0.3) is 0 Å². The zero-order chi connectivity index (χ0) is 9.97. The van der Waals surface area contributed by atoms with Crippen molar-refractivity contribution < 1.29 is 0 Å². The summed E-state index contributed by atoms with van der Waals surface area (Å²) >= 11 is 5.96. The predicted octanol–water partition coefficient (Wildman–Crippen LogP) is 3.02. The fourth-order valence-electron chi connectivity index (χ4n) is 1.99. The number of allylic oxidation sites excluding steroid dienone is 1. The molecule has 1 aromatic rings. The number of aryl methyl sites for hydroxylation is 1. The lowest BCUT2D eigenvalue weighted by Gasteiger charge is -2.17. The minimum atomic E-state index is 0.716. The number of fused-ring (bicyclic) bond motifs is 1. The Bertz CT molecular complexity index is 369. The van der Waals surface area contributed by atoms with Crippen LogP contribution < -0.4 is 5.73 Å². The summed E-state index contributed by atoms with van der Waals surface area (Å²) in [5.74, 6) is 0. The van der Waals surface area contributed by atoms with E-state index in [1.165, 1.54) is 16.7 Å². The largest absolute Gasteiger partial charge is 0.330 e. The number of rotatable bonds is 2. The van der Waals surface area contributed by atoms with E-state index in [0.717, 1.165) is 24.3 Å². The van der Waals surface area contributed by atoms with Crippen molar-refractivity contribution in [1.82, 2.24) is 0 Å². The van der Waals surface area contributed by atoms with Gasteiger partial charge in [0.15, 0.2) is 0 Å². The average Bonchev–Trinajstić information content (AvgIpc) is 2.18. The number of benzene rings is 1. The lowest BCUT2D eigenvalue weighted by molar-refractivity contribution is 0.940. The Hall–Kier alpha value is -0.790. The molecule has 0 radical (unpaired) electrons. The molecule has 0 unspecified atom stereocenters. The number of hydrogen-bond acceptors (Lipinski definition) is 1. The molecule has 0 atom stereocenters. The van der Waals surface area contributed by atoms with Crippen molar-refractivity contribution in [3.63, 3.8) is 0 Å². The van der Waals surface area contributed by atoms with Crippen LogP contribution in [0, 0.1) is 0 Å². The van der Waals surface area contributed by atoms with Crippen molar-refractivity contribution in [3.05, 3.63) is 40.4 Å². The van der Waals surface area contributed by atoms with Gasteiger partial charge in [-0.2, -0.15) is 0 Å². The summed E-state index contributed by atoms with van der Waals surface area (Å²) in [6, 6.07) is 6.13. The first-order valence-electron chi connectivity index (χ1n) is 4.99. The van der Waals surface area contributed by atoms with Crippen molar-refractivity contribution >= 4 is 17.2 Å². The first-order chi connectivity index (χ1) is 6.81. The van der Waals surface area contributed by atoms with Crippen LogP contribution in [-0.2, 0) is 6.42 Å². The summed E-state index contributed by atoms with van der Waals surface area (Å²) in [4.78, 5) is 0. The van der Waals surface area contributed by atoms with Crippen LogP contribution in [0.25, 0.3) is 5.57 Å². The lowest BCUT2D eigenvalue weighted by atomic mass is 9.89. The Kier molecular flexibility index (Phi) is 2.90. The molecule has 0 fully saturated rings. The zero-order valence-electron chi connectivity index (χ0n) is 8.09. The molecule has 14 heavy (non-hydrogen) atoms. The van der Waals surface area contributed by atoms with Gasteiger partial charge in [-0.15, -0.1) is 0 Å². The fourth-order valence-corrected chi connectivity index (χ4v) is 2.18. The van der Waals surface area contributed by atoms with Crippen LogP contribution in [-0.4, -0.2) is 6.54 Å². The van der Waals surface area contributed by atoms with Crippen LogP contribution in [0.4, 0.5) is 0 Å². The van der Waals surface area contributed by atoms with Crippen LogP contribution in [0.5, 0.6) is 0 Å². The molecule has 0 aliphatic heterocycles. The quantitative estimate of drug-likeness (QED) is 0.793. The summed E-state index contributed by atoms with van der Waals surface area (Å²) < 4.78 is 0. The van der Waals surface area contributed by atoms with Crippen LogP contribution >= 0.6 is 11.6 Å². The maximum atomic E-state index is 5.96. The van der Waals surface area contributed by atoms with E-state index in [4.69, 9.17) is 17.3 Å². The first-order valence-corrected chi connectivity index (χ1v) is 5.37. The molecule has 1 nitrogen and oxygen atoms in total. The normalized spacial score (nSPS) is 14.9. The smallest absolute Gasteiger partial charge is 0.0409 e. The monoisotopic (exact) mass is 207 g/mol. The van der Waals surface area contributed by atoms with Crippen molar-refractivity contribution in [2.24, 2.45) is 5.73 Å². The van der Waals surface area contributed by atoms with E-state index in [9.17, 15) is 0 Å². The maximum absolute atomic E-state index is 5.96. The predicted molar refractivity (Wildman–Crippen MR) is 61.4 cm³/mol. The van der Waals surface area contributed by atoms with Gasteiger partial charge in [-0.05, 0) is 54.6 Å². The molecule has 0 saturated carbocycles. The van der Waals surface area contributed by atoms with Gasteiger partial charge >= 0.3 is 0 Å². The van der Waals surface area contributed by atoms with E-state index in [-0.39, 0.29) is 0 Å². The molecule has 2 heteroatoms. The number of nitrogens with two attached hydrogens (primary N) is 1. The van der Waals surface area contributed by atoms with Gasteiger partial charge < -0.3 is 5.73 Å². The molecule has 2 N–H and O–H groups in total. The van der Waals surface area contributed by atoms with Crippen molar-refractivity contribution in [2.75, 3.05) is 6.54 Å². The molecule has 0 amide bonds. The molecule has 0 heterocycles. The van der Waals surface area contributed by atoms with Crippen molar-refractivity contribution in [2.45, 2.75) is 19.3 Å². The molecule has 0 spiro atoms. The Morgan fingerprint density at radius 2 is 2.21 bits per heavy atom. The highest BCUT2D eigenvalue weighted by Crippen LogP contribution is 2.30. The summed E-state index contributed by atoms with van der Waals surface area (Å²) in [7, 11) is 0. The SMILES string of the molecule is NCCC1=CCCc2cc(Cl)ccc21. The Morgan fingerprint density at radius 3 is 3.00 bits per heavy atom. The third-order valence-corrected chi connectivity index (χ3v) is 2.87. The van der Waals surface area contributed by atoms with Crippen molar-refractivity contribution in [3.8, 4) is 0 Å². The van der Waals surface area contributed by atoms with E-state index in [2.05, 4.69) is 18.2 Å². The second kappa shape index (κ2) is 4.16. The number of hydrogen-bond donors (Lipinski definition) is 1. The average molecular weight is 208 g/mol. The van der Waals surface area contributed by atoms with E-state index in [1.807, 2.05) is 6.07 Å². The molecule has 1 aromatic carbocycles. The molecular formula is C12H14ClN. The second-order valence-electron chi connectivity index (χ2n) is 3.61. The van der Waals surface area contributed by atoms with E-state index in [1.54, 1.807) is 0 Å². The van der Waals surface area contributed by atoms with Gasteiger partial charge in [0.2, 0.25) is 0 Å². The molecule has 1 aliphatic rings.